The fourth-order valence-electron chi connectivity index (χ4n) is 2.39. The Morgan fingerprint density at radius 3 is 2.41 bits per heavy atom. The van der Waals surface area contributed by atoms with Crippen LogP contribution in [0.15, 0.2) is 47.8 Å². The second-order valence-corrected chi connectivity index (χ2v) is 7.18. The lowest BCUT2D eigenvalue weighted by Crippen LogP contribution is -2.19. The average molecular weight is 449 g/mol. The van der Waals surface area contributed by atoms with E-state index in [-0.39, 0.29) is 22.1 Å². The normalized spacial score (nSPS) is 12.1. The zero-order valence-electron chi connectivity index (χ0n) is 14.2. The molecular weight excluding hydrogens is 438 g/mol. The summed E-state index contributed by atoms with van der Waals surface area (Å²) in [6.45, 7) is -0.490. The van der Waals surface area contributed by atoms with E-state index in [1.807, 2.05) is 0 Å². The Morgan fingerprint density at radius 1 is 1.14 bits per heavy atom. The minimum atomic E-state index is -4.53. The van der Waals surface area contributed by atoms with Crippen molar-refractivity contribution in [1.82, 2.24) is 4.98 Å². The molecule has 3 aromatic rings. The van der Waals surface area contributed by atoms with E-state index in [1.165, 1.54) is 16.3 Å². The van der Waals surface area contributed by atoms with Gasteiger partial charge in [0.25, 0.3) is 0 Å². The van der Waals surface area contributed by atoms with Crippen molar-refractivity contribution in [2.45, 2.75) is 6.18 Å². The molecule has 0 fully saturated rings. The third kappa shape index (κ3) is 5.13. The van der Waals surface area contributed by atoms with Crippen LogP contribution in [-0.2, 0) is 15.3 Å². The molecule has 0 aliphatic carbocycles. The van der Waals surface area contributed by atoms with Crippen molar-refractivity contribution in [1.29, 1.82) is 0 Å². The van der Waals surface area contributed by atoms with Gasteiger partial charge in [-0.1, -0.05) is 4.52 Å². The first-order valence-corrected chi connectivity index (χ1v) is 9.81. The van der Waals surface area contributed by atoms with Crippen molar-refractivity contribution in [2.75, 3.05) is 11.6 Å². The van der Waals surface area contributed by atoms with E-state index >= 15 is 0 Å². The summed E-state index contributed by atoms with van der Waals surface area (Å²) in [4.78, 5) is 14.4. The van der Waals surface area contributed by atoms with Gasteiger partial charge in [-0.3, -0.25) is 4.90 Å². The molecule has 1 heterocycles. The van der Waals surface area contributed by atoms with E-state index in [9.17, 15) is 26.5 Å². The van der Waals surface area contributed by atoms with Crippen LogP contribution in [-0.4, -0.2) is 16.6 Å². The number of halogens is 5. The fourth-order valence-corrected chi connectivity index (χ4v) is 3.43. The van der Waals surface area contributed by atoms with Crippen molar-refractivity contribution in [3.63, 3.8) is 0 Å². The van der Waals surface area contributed by atoms with Gasteiger partial charge in [-0.05, 0) is 36.4 Å². The number of hydrogen-bond acceptors (Lipinski definition) is 5. The minimum Gasteiger partial charge on any atom is -0.289 e. The Hall–Kier alpha value is -2.46. The monoisotopic (exact) mass is 449 g/mol. The molecule has 0 spiro atoms. The first kappa shape index (κ1) is 21.3. The highest BCUT2D eigenvalue weighted by molar-refractivity contribution is 7.32. The maximum absolute atomic E-state index is 14.0. The number of thiazole rings is 1. The van der Waals surface area contributed by atoms with Gasteiger partial charge in [0.15, 0.2) is 11.9 Å². The van der Waals surface area contributed by atoms with Crippen molar-refractivity contribution < 1.29 is 35.9 Å². The molecule has 3 rings (SSSR count). The first-order chi connectivity index (χ1) is 13.6. The molecule has 5 nitrogen and oxygen atoms in total. The lowest BCUT2D eigenvalue weighted by Gasteiger charge is -2.19. The molecule has 0 saturated heterocycles. The highest BCUT2D eigenvalue weighted by Crippen LogP contribution is 2.36. The highest BCUT2D eigenvalue weighted by Gasteiger charge is 2.30. The van der Waals surface area contributed by atoms with Crippen molar-refractivity contribution in [3.8, 4) is 11.3 Å². The largest absolute Gasteiger partial charge is 0.696 e. The zero-order chi connectivity index (χ0) is 21.2. The van der Waals surface area contributed by atoms with Gasteiger partial charge in [0.1, 0.15) is 11.6 Å². The molecule has 1 unspecified atom stereocenters. The Kier molecular flexibility index (Phi) is 6.23. The molecule has 0 bridgehead atoms. The molecule has 29 heavy (non-hydrogen) atoms. The summed E-state index contributed by atoms with van der Waals surface area (Å²) in [7, 11) is -2.98. The van der Waals surface area contributed by atoms with E-state index in [2.05, 4.69) is 9.51 Å². The van der Waals surface area contributed by atoms with Crippen LogP contribution in [0.3, 0.4) is 0 Å². The predicted molar refractivity (Wildman–Crippen MR) is 96.8 cm³/mol. The summed E-state index contributed by atoms with van der Waals surface area (Å²) in [5, 5.41) is 1.63. The van der Waals surface area contributed by atoms with Gasteiger partial charge in [-0.2, -0.15) is 13.2 Å². The zero-order valence-corrected chi connectivity index (χ0v) is 15.9. The lowest BCUT2D eigenvalue weighted by molar-refractivity contribution is -0.137. The summed E-state index contributed by atoms with van der Waals surface area (Å²) in [5.74, 6) is -1.59. The van der Waals surface area contributed by atoms with Crippen molar-refractivity contribution in [2.24, 2.45) is 0 Å². The van der Waals surface area contributed by atoms with Gasteiger partial charge in [-0.25, -0.2) is 13.8 Å². The second-order valence-electron chi connectivity index (χ2n) is 5.61. The topological polar surface area (TPSA) is 62.7 Å². The van der Waals surface area contributed by atoms with Crippen LogP contribution < -0.4 is 4.90 Å². The molecule has 1 N–H and O–H groups in total. The number of nitrogens with zero attached hydrogens (tertiary/aromatic N) is 2. The molecule has 152 valence electrons. The summed E-state index contributed by atoms with van der Waals surface area (Å²) in [5.41, 5.74) is -0.484. The van der Waals surface area contributed by atoms with Crippen molar-refractivity contribution >= 4 is 30.4 Å². The lowest BCUT2D eigenvalue weighted by atomic mass is 10.1. The van der Waals surface area contributed by atoms with E-state index in [4.69, 9.17) is 4.89 Å². The molecular formula is C17H11F5N2O3PS+. The summed E-state index contributed by atoms with van der Waals surface area (Å²) in [6, 6.07) is 6.94. The molecule has 0 aliphatic rings. The maximum atomic E-state index is 14.0. The molecule has 0 amide bonds. The number of alkyl halides is 3. The molecule has 1 aromatic heterocycles. The van der Waals surface area contributed by atoms with Gasteiger partial charge >= 0.3 is 14.4 Å². The van der Waals surface area contributed by atoms with Gasteiger partial charge in [0.05, 0.1) is 11.3 Å². The first-order valence-electron chi connectivity index (χ1n) is 7.80. The number of aromatic nitrogens is 1. The number of anilines is 2. The predicted octanol–water partition coefficient (Wildman–Crippen LogP) is 5.87. The summed E-state index contributed by atoms with van der Waals surface area (Å²) >= 11 is 0.997. The summed E-state index contributed by atoms with van der Waals surface area (Å²) < 4.78 is 81.0. The minimum absolute atomic E-state index is 0.0235. The second kappa shape index (κ2) is 8.50. The Labute approximate surface area is 166 Å². The Bertz CT molecular complexity index is 1030. The Balaban J connectivity index is 1.95. The Morgan fingerprint density at radius 2 is 1.83 bits per heavy atom. The number of hydrogen-bond donors (Lipinski definition) is 1. The summed E-state index contributed by atoms with van der Waals surface area (Å²) in [6.07, 6.45) is -4.53. The third-order valence-corrected chi connectivity index (χ3v) is 4.93. The molecule has 12 heteroatoms. The molecule has 0 radical (unpaired) electrons. The highest BCUT2D eigenvalue weighted by atomic mass is 32.1. The van der Waals surface area contributed by atoms with Crippen LogP contribution in [0.1, 0.15) is 5.56 Å². The van der Waals surface area contributed by atoms with Crippen LogP contribution in [0.5, 0.6) is 0 Å². The average Bonchev–Trinajstić information content (AvgIpc) is 3.11. The number of benzene rings is 2. The van der Waals surface area contributed by atoms with Crippen LogP contribution in [0, 0.1) is 11.6 Å². The van der Waals surface area contributed by atoms with Crippen LogP contribution in [0.4, 0.5) is 32.8 Å². The smallest absolute Gasteiger partial charge is 0.289 e. The van der Waals surface area contributed by atoms with E-state index in [1.54, 1.807) is 0 Å². The third-order valence-electron chi connectivity index (χ3n) is 3.73. The number of rotatable bonds is 6. The van der Waals surface area contributed by atoms with Gasteiger partial charge < -0.3 is 0 Å². The van der Waals surface area contributed by atoms with Crippen LogP contribution >= 0.6 is 19.6 Å². The standard InChI is InChI=1S/C17H10F5N2O3PS/c18-11-3-6-13(14(19)7-11)15-8-29-16(23-15)24(9-27-28(25)26)12-4-1-10(2-5-12)17(20,21)22/h1-8H,9H2/p+1. The van der Waals surface area contributed by atoms with Gasteiger partial charge in [-0.15, -0.1) is 16.2 Å². The molecule has 0 aliphatic heterocycles. The van der Waals surface area contributed by atoms with Gasteiger partial charge in [0.2, 0.25) is 0 Å². The molecule has 2 aromatic carbocycles. The quantitative estimate of drug-likeness (QED) is 0.290. The van der Waals surface area contributed by atoms with Crippen LogP contribution in [0.2, 0.25) is 0 Å². The fraction of sp³-hybridized carbons (Fsp3) is 0.118. The van der Waals surface area contributed by atoms with E-state index in [0.29, 0.717) is 6.07 Å². The molecule has 0 saturated carbocycles. The van der Waals surface area contributed by atoms with Crippen LogP contribution in [0.25, 0.3) is 11.3 Å². The van der Waals surface area contributed by atoms with Gasteiger partial charge in [0, 0.05) is 27.3 Å². The SMILES string of the molecule is O=[P+](O)OCN(c1ccc(C(F)(F)F)cc1)c1nc(-c2ccc(F)cc2F)cs1. The van der Waals surface area contributed by atoms with Crippen molar-refractivity contribution in [3.05, 3.63) is 65.0 Å². The van der Waals surface area contributed by atoms with E-state index in [0.717, 1.165) is 41.7 Å². The van der Waals surface area contributed by atoms with E-state index < -0.39 is 38.4 Å². The maximum Gasteiger partial charge on any atom is 0.696 e. The molecule has 1 atom stereocenters.